The van der Waals surface area contributed by atoms with Crippen molar-refractivity contribution in [3.05, 3.63) is 11.1 Å². The highest BCUT2D eigenvalue weighted by molar-refractivity contribution is 7.78. The summed E-state index contributed by atoms with van der Waals surface area (Å²) in [4.78, 5) is 11.6. The fraction of sp³-hybridized carbons (Fsp3) is 0.769. The zero-order chi connectivity index (χ0) is 13.4. The van der Waals surface area contributed by atoms with E-state index >= 15 is 0 Å². The van der Waals surface area contributed by atoms with Crippen LogP contribution in [0.3, 0.4) is 0 Å². The fourth-order valence-electron chi connectivity index (χ4n) is 2.26. The maximum Gasteiger partial charge on any atom is 0.327 e. The lowest BCUT2D eigenvalue weighted by Crippen LogP contribution is -2.36. The highest BCUT2D eigenvalue weighted by Gasteiger charge is 2.18. The molecule has 1 aliphatic carbocycles. The van der Waals surface area contributed by atoms with Crippen molar-refractivity contribution >= 4 is 18.8 Å². The molecule has 0 saturated heterocycles. The van der Waals surface area contributed by atoms with E-state index < -0.39 is 0 Å². The zero-order valence-electron chi connectivity index (χ0n) is 11.1. The van der Waals surface area contributed by atoms with Gasteiger partial charge in [0.1, 0.15) is 0 Å². The second kappa shape index (κ2) is 8.43. The number of thiol groups is 1. The smallest absolute Gasteiger partial charge is 0.327 e. The van der Waals surface area contributed by atoms with Crippen LogP contribution >= 0.6 is 12.8 Å². The maximum atomic E-state index is 11.6. The summed E-state index contributed by atoms with van der Waals surface area (Å²) in [5.41, 5.74) is 2.89. The third kappa shape index (κ3) is 4.90. The summed E-state index contributed by atoms with van der Waals surface area (Å²) >= 11 is 4.21. The Hall–Kier alpha value is -0.680. The predicted molar refractivity (Wildman–Crippen MR) is 76.6 cm³/mol. The van der Waals surface area contributed by atoms with E-state index in [-0.39, 0.29) is 19.2 Å². The van der Waals surface area contributed by atoms with Gasteiger partial charge in [-0.05, 0) is 32.1 Å². The molecule has 0 bridgehead atoms. The first-order chi connectivity index (χ1) is 8.69. The van der Waals surface area contributed by atoms with E-state index in [1.807, 2.05) is 0 Å². The van der Waals surface area contributed by atoms with Gasteiger partial charge in [0.2, 0.25) is 0 Å². The van der Waals surface area contributed by atoms with Gasteiger partial charge in [0.05, 0.1) is 13.2 Å². The Bertz CT molecular complexity index is 305. The van der Waals surface area contributed by atoms with Crippen LogP contribution in [0.2, 0.25) is 0 Å². The Morgan fingerprint density at radius 3 is 2.83 bits per heavy atom. The number of carbonyl (C=O) groups excluding carboxylic acids is 1. The fourth-order valence-corrected chi connectivity index (χ4v) is 2.50. The number of carbonyl (C=O) groups is 1. The molecule has 0 saturated carbocycles. The number of hydrogen-bond acceptors (Lipinski definition) is 3. The van der Waals surface area contributed by atoms with Gasteiger partial charge in [-0.25, -0.2) is 4.79 Å². The summed E-state index contributed by atoms with van der Waals surface area (Å²) in [7, 11) is 0. The average Bonchev–Trinajstić information content (AvgIpc) is 2.80. The first-order valence-corrected chi connectivity index (χ1v) is 7.14. The Morgan fingerprint density at radius 2 is 2.17 bits per heavy atom. The quantitative estimate of drug-likeness (QED) is 0.493. The van der Waals surface area contributed by atoms with Crippen LogP contribution in [0.25, 0.3) is 0 Å². The first kappa shape index (κ1) is 15.4. The standard InChI is InChI=1S/C13H24N2O2S/c1-2-3-5-11-6-4-7-12(11)10-15(18)13(17)14-8-9-16/h16,18H,2-10H2,1H3,(H,14,17). The minimum Gasteiger partial charge on any atom is -0.395 e. The van der Waals surface area contributed by atoms with Gasteiger partial charge in [0.25, 0.3) is 0 Å². The van der Waals surface area contributed by atoms with E-state index in [0.29, 0.717) is 6.54 Å². The van der Waals surface area contributed by atoms with Crippen molar-refractivity contribution in [1.29, 1.82) is 0 Å². The molecule has 4 nitrogen and oxygen atoms in total. The largest absolute Gasteiger partial charge is 0.395 e. The van der Waals surface area contributed by atoms with Gasteiger partial charge >= 0.3 is 6.03 Å². The lowest BCUT2D eigenvalue weighted by molar-refractivity contribution is 0.222. The summed E-state index contributed by atoms with van der Waals surface area (Å²) in [5.74, 6) is 0. The molecule has 0 radical (unpaired) electrons. The summed E-state index contributed by atoms with van der Waals surface area (Å²) < 4.78 is 1.41. The number of nitrogens with one attached hydrogen (secondary N) is 1. The number of hydrogen-bond donors (Lipinski definition) is 3. The SMILES string of the molecule is CCCCC1=C(CN(S)C(=O)NCCO)CCC1. The van der Waals surface area contributed by atoms with Gasteiger partial charge in [-0.15, -0.1) is 0 Å². The average molecular weight is 272 g/mol. The number of unbranched alkanes of at least 4 members (excludes halogenated alkanes) is 1. The van der Waals surface area contributed by atoms with E-state index in [9.17, 15) is 4.79 Å². The van der Waals surface area contributed by atoms with Crippen molar-refractivity contribution in [1.82, 2.24) is 9.62 Å². The van der Waals surface area contributed by atoms with Crippen LogP contribution < -0.4 is 5.32 Å². The van der Waals surface area contributed by atoms with Crippen LogP contribution in [-0.2, 0) is 0 Å². The van der Waals surface area contributed by atoms with Crippen molar-refractivity contribution in [2.75, 3.05) is 19.7 Å². The normalized spacial score (nSPS) is 15.1. The van der Waals surface area contributed by atoms with Gasteiger partial charge in [0, 0.05) is 6.54 Å². The number of urea groups is 1. The van der Waals surface area contributed by atoms with E-state index in [1.54, 1.807) is 0 Å². The van der Waals surface area contributed by atoms with Crippen LogP contribution in [0.15, 0.2) is 11.1 Å². The van der Waals surface area contributed by atoms with Gasteiger partial charge in [-0.3, -0.25) is 4.31 Å². The van der Waals surface area contributed by atoms with Crippen LogP contribution in [-0.4, -0.2) is 35.1 Å². The number of aliphatic hydroxyl groups excluding tert-OH is 1. The molecular weight excluding hydrogens is 248 g/mol. The monoisotopic (exact) mass is 272 g/mol. The number of rotatable bonds is 7. The van der Waals surface area contributed by atoms with E-state index in [4.69, 9.17) is 5.11 Å². The maximum absolute atomic E-state index is 11.6. The van der Waals surface area contributed by atoms with Crippen molar-refractivity contribution in [3.63, 3.8) is 0 Å². The molecule has 5 heteroatoms. The third-order valence-electron chi connectivity index (χ3n) is 3.25. The van der Waals surface area contributed by atoms with E-state index in [0.717, 1.165) is 12.8 Å². The Labute approximate surface area is 115 Å². The second-order valence-electron chi connectivity index (χ2n) is 4.68. The lowest BCUT2D eigenvalue weighted by Gasteiger charge is -2.18. The summed E-state index contributed by atoms with van der Waals surface area (Å²) in [6.07, 6.45) is 7.05. The molecule has 0 aromatic rings. The molecule has 18 heavy (non-hydrogen) atoms. The summed E-state index contributed by atoms with van der Waals surface area (Å²) in [6.45, 7) is 3.03. The summed E-state index contributed by atoms with van der Waals surface area (Å²) in [6, 6.07) is -0.235. The molecule has 0 aromatic heterocycles. The molecule has 0 heterocycles. The minimum absolute atomic E-state index is 0.0438. The topological polar surface area (TPSA) is 52.6 Å². The molecule has 2 N–H and O–H groups in total. The Balaban J connectivity index is 2.46. The molecule has 0 unspecified atom stereocenters. The number of aliphatic hydroxyl groups is 1. The highest BCUT2D eigenvalue weighted by Crippen LogP contribution is 2.30. The molecule has 104 valence electrons. The molecule has 0 spiro atoms. The van der Waals surface area contributed by atoms with Gasteiger partial charge in [0.15, 0.2) is 0 Å². The minimum atomic E-state index is -0.235. The predicted octanol–water partition coefficient (Wildman–Crippen LogP) is 2.51. The van der Waals surface area contributed by atoms with E-state index in [2.05, 4.69) is 25.1 Å². The molecule has 2 amide bonds. The van der Waals surface area contributed by atoms with E-state index in [1.165, 1.54) is 41.1 Å². The number of amides is 2. The van der Waals surface area contributed by atoms with Crippen LogP contribution in [0.5, 0.6) is 0 Å². The molecule has 1 rings (SSSR count). The van der Waals surface area contributed by atoms with Crippen molar-refractivity contribution in [2.24, 2.45) is 0 Å². The van der Waals surface area contributed by atoms with Crippen molar-refractivity contribution in [2.45, 2.75) is 45.4 Å². The summed E-state index contributed by atoms with van der Waals surface area (Å²) in [5, 5.41) is 11.3. The second-order valence-corrected chi connectivity index (χ2v) is 5.16. The van der Waals surface area contributed by atoms with Crippen LogP contribution in [0.4, 0.5) is 4.79 Å². The van der Waals surface area contributed by atoms with Gasteiger partial charge < -0.3 is 10.4 Å². The van der Waals surface area contributed by atoms with Gasteiger partial charge in [-0.1, -0.05) is 37.3 Å². The molecular formula is C13H24N2O2S. The van der Waals surface area contributed by atoms with Crippen LogP contribution in [0, 0.1) is 0 Å². The highest BCUT2D eigenvalue weighted by atomic mass is 32.1. The Morgan fingerprint density at radius 1 is 1.44 bits per heavy atom. The molecule has 0 aliphatic heterocycles. The van der Waals surface area contributed by atoms with Crippen LogP contribution in [0.1, 0.15) is 45.4 Å². The molecule has 0 aromatic carbocycles. The molecule has 1 aliphatic rings. The zero-order valence-corrected chi connectivity index (χ0v) is 12.0. The lowest BCUT2D eigenvalue weighted by atomic mass is 10.1. The van der Waals surface area contributed by atoms with Gasteiger partial charge in [-0.2, -0.15) is 0 Å². The first-order valence-electron chi connectivity index (χ1n) is 6.74. The molecule has 0 fully saturated rings. The molecule has 0 atom stereocenters. The number of nitrogens with zero attached hydrogens (tertiary/aromatic N) is 1. The Kier molecular flexibility index (Phi) is 7.20. The third-order valence-corrected chi connectivity index (χ3v) is 3.58. The number of allylic oxidation sites excluding steroid dienone is 1. The van der Waals surface area contributed by atoms with Crippen molar-refractivity contribution in [3.8, 4) is 0 Å². The van der Waals surface area contributed by atoms with Crippen molar-refractivity contribution < 1.29 is 9.90 Å².